The molecule has 0 radical (unpaired) electrons. The van der Waals surface area contributed by atoms with E-state index >= 15 is 0 Å². The number of anilines is 1. The normalized spacial score (nSPS) is 20.1. The Morgan fingerprint density at radius 3 is 2.60 bits per heavy atom. The number of piperazine rings is 1. The first-order chi connectivity index (χ1) is 12.3. The summed E-state index contributed by atoms with van der Waals surface area (Å²) in [6.45, 7) is 5.28. The third-order valence-corrected chi connectivity index (χ3v) is 6.10. The molecule has 0 aromatic carbocycles. The number of fused-ring (bicyclic) bond motifs is 2. The maximum Gasteiger partial charge on any atom is 0.135 e. The first-order valence-electron chi connectivity index (χ1n) is 9.63. The molecule has 0 bridgehead atoms. The monoisotopic (exact) mass is 338 g/mol. The van der Waals surface area contributed by atoms with Crippen molar-refractivity contribution in [3.8, 4) is 0 Å². The van der Waals surface area contributed by atoms with Crippen molar-refractivity contribution in [2.75, 3.05) is 31.1 Å². The largest absolute Gasteiger partial charge is 0.354 e. The number of rotatable bonds is 3. The van der Waals surface area contributed by atoms with Gasteiger partial charge in [-0.15, -0.1) is 0 Å². The lowest BCUT2D eigenvalue weighted by atomic mass is 10.1. The van der Waals surface area contributed by atoms with Crippen molar-refractivity contribution in [3.05, 3.63) is 34.5 Å². The van der Waals surface area contributed by atoms with Crippen LogP contribution in [0.4, 0.5) is 5.82 Å². The molecule has 2 aromatic rings. The Balaban J connectivity index is 1.27. The second-order valence-corrected chi connectivity index (χ2v) is 7.59. The van der Waals surface area contributed by atoms with Crippen LogP contribution in [0.3, 0.4) is 0 Å². The quantitative estimate of drug-likeness (QED) is 0.849. The number of aromatic nitrogens is 4. The number of hydrogen-bond donors (Lipinski definition) is 0. The Hall–Kier alpha value is -1.95. The van der Waals surface area contributed by atoms with Gasteiger partial charge in [0.15, 0.2) is 0 Å². The van der Waals surface area contributed by atoms with Gasteiger partial charge in [0.25, 0.3) is 0 Å². The molecule has 0 spiro atoms. The summed E-state index contributed by atoms with van der Waals surface area (Å²) in [4.78, 5) is 14.1. The van der Waals surface area contributed by atoms with E-state index in [9.17, 15) is 0 Å². The van der Waals surface area contributed by atoms with E-state index in [0.717, 1.165) is 45.6 Å². The van der Waals surface area contributed by atoms with Gasteiger partial charge in [-0.2, -0.15) is 5.10 Å². The summed E-state index contributed by atoms with van der Waals surface area (Å²) in [5.74, 6) is 1.20. The van der Waals surface area contributed by atoms with Crippen LogP contribution in [0.5, 0.6) is 0 Å². The minimum Gasteiger partial charge on any atom is -0.354 e. The zero-order chi connectivity index (χ0) is 16.8. The maximum atomic E-state index is 4.79. The molecule has 3 aliphatic rings. The van der Waals surface area contributed by atoms with Crippen LogP contribution in [0.25, 0.3) is 0 Å². The third-order valence-electron chi connectivity index (χ3n) is 6.10. The molecule has 2 aliphatic carbocycles. The SMILES string of the molecule is Cn1nc(CN2CCN(c3ncnc4c3CCC4)CC2)c2c1CCC2. The summed E-state index contributed by atoms with van der Waals surface area (Å²) < 4.78 is 2.11. The van der Waals surface area contributed by atoms with E-state index in [1.54, 1.807) is 6.33 Å². The van der Waals surface area contributed by atoms with E-state index in [1.807, 2.05) is 0 Å². The molecule has 3 heterocycles. The second-order valence-electron chi connectivity index (χ2n) is 7.59. The highest BCUT2D eigenvalue weighted by Crippen LogP contribution is 2.29. The van der Waals surface area contributed by atoms with E-state index in [1.165, 1.54) is 59.7 Å². The predicted molar refractivity (Wildman–Crippen MR) is 96.8 cm³/mol. The van der Waals surface area contributed by atoms with E-state index in [4.69, 9.17) is 5.10 Å². The summed E-state index contributed by atoms with van der Waals surface area (Å²) in [5.41, 5.74) is 6.98. The standard InChI is InChI=1S/C19H26N6/c1-23-18-7-3-4-14(18)17(22-23)12-24-8-10-25(11-9-24)19-15-5-2-6-16(15)20-13-21-19/h13H,2-12H2,1H3. The molecule has 2 aromatic heterocycles. The van der Waals surface area contributed by atoms with Gasteiger partial charge in [-0.25, -0.2) is 9.97 Å². The third kappa shape index (κ3) is 2.63. The molecule has 1 aliphatic heterocycles. The Kier molecular flexibility index (Phi) is 3.73. The highest BCUT2D eigenvalue weighted by molar-refractivity contribution is 5.50. The smallest absolute Gasteiger partial charge is 0.135 e. The average molecular weight is 338 g/mol. The topological polar surface area (TPSA) is 50.1 Å². The fourth-order valence-electron chi connectivity index (χ4n) is 4.77. The lowest BCUT2D eigenvalue weighted by Crippen LogP contribution is -2.46. The van der Waals surface area contributed by atoms with E-state index in [-0.39, 0.29) is 0 Å². The van der Waals surface area contributed by atoms with Crippen molar-refractivity contribution in [1.29, 1.82) is 0 Å². The zero-order valence-electron chi connectivity index (χ0n) is 15.0. The van der Waals surface area contributed by atoms with Gasteiger partial charge in [0.05, 0.1) is 5.69 Å². The molecule has 6 nitrogen and oxygen atoms in total. The minimum atomic E-state index is 0.999. The highest BCUT2D eigenvalue weighted by atomic mass is 15.3. The van der Waals surface area contributed by atoms with Gasteiger partial charge in [-0.1, -0.05) is 0 Å². The van der Waals surface area contributed by atoms with Gasteiger partial charge in [0.2, 0.25) is 0 Å². The van der Waals surface area contributed by atoms with Gasteiger partial charge in [-0.05, 0) is 44.1 Å². The number of hydrogen-bond acceptors (Lipinski definition) is 5. The summed E-state index contributed by atoms with van der Waals surface area (Å²) in [5, 5.41) is 4.79. The minimum absolute atomic E-state index is 0.999. The first kappa shape index (κ1) is 15.3. The molecule has 1 fully saturated rings. The van der Waals surface area contributed by atoms with Crippen molar-refractivity contribution in [3.63, 3.8) is 0 Å². The van der Waals surface area contributed by atoms with Crippen molar-refractivity contribution in [2.24, 2.45) is 7.05 Å². The summed E-state index contributed by atoms with van der Waals surface area (Å²) in [7, 11) is 2.10. The molecule has 132 valence electrons. The Morgan fingerprint density at radius 1 is 0.920 bits per heavy atom. The van der Waals surface area contributed by atoms with Crippen LogP contribution < -0.4 is 4.90 Å². The molecule has 6 heteroatoms. The number of aryl methyl sites for hydroxylation is 2. The second kappa shape index (κ2) is 6.09. The first-order valence-corrected chi connectivity index (χ1v) is 9.63. The highest BCUT2D eigenvalue weighted by Gasteiger charge is 2.26. The van der Waals surface area contributed by atoms with E-state index in [0.29, 0.717) is 0 Å². The Labute approximate surface area is 148 Å². The van der Waals surface area contributed by atoms with Gasteiger partial charge in [-0.3, -0.25) is 9.58 Å². The molecule has 0 N–H and O–H groups in total. The Morgan fingerprint density at radius 2 is 1.72 bits per heavy atom. The number of nitrogens with zero attached hydrogens (tertiary/aromatic N) is 6. The summed E-state index contributed by atoms with van der Waals surface area (Å²) in [6, 6.07) is 0. The molecule has 0 unspecified atom stereocenters. The average Bonchev–Trinajstić information content (AvgIpc) is 3.35. The van der Waals surface area contributed by atoms with Crippen LogP contribution in [0, 0.1) is 0 Å². The van der Waals surface area contributed by atoms with Crippen LogP contribution in [0.15, 0.2) is 6.33 Å². The lowest BCUT2D eigenvalue weighted by molar-refractivity contribution is 0.245. The molecule has 25 heavy (non-hydrogen) atoms. The van der Waals surface area contributed by atoms with E-state index in [2.05, 4.69) is 31.5 Å². The zero-order valence-corrected chi connectivity index (χ0v) is 15.0. The van der Waals surface area contributed by atoms with Gasteiger partial charge in [0.1, 0.15) is 12.1 Å². The molecule has 0 atom stereocenters. The van der Waals surface area contributed by atoms with Crippen molar-refractivity contribution < 1.29 is 0 Å². The molecular formula is C19H26N6. The molecule has 0 saturated carbocycles. The van der Waals surface area contributed by atoms with Crippen molar-refractivity contribution >= 4 is 5.82 Å². The molecule has 1 saturated heterocycles. The lowest BCUT2D eigenvalue weighted by Gasteiger charge is -2.35. The maximum absolute atomic E-state index is 4.79. The molecule has 0 amide bonds. The van der Waals surface area contributed by atoms with Crippen LogP contribution in [-0.2, 0) is 39.3 Å². The van der Waals surface area contributed by atoms with Crippen LogP contribution in [-0.4, -0.2) is 50.8 Å². The molecular weight excluding hydrogens is 312 g/mol. The fourth-order valence-corrected chi connectivity index (χ4v) is 4.77. The Bertz CT molecular complexity index is 787. The van der Waals surface area contributed by atoms with Crippen LogP contribution in [0.2, 0.25) is 0 Å². The van der Waals surface area contributed by atoms with Crippen molar-refractivity contribution in [2.45, 2.75) is 45.1 Å². The summed E-state index contributed by atoms with van der Waals surface area (Å²) >= 11 is 0. The predicted octanol–water partition coefficient (Wildman–Crippen LogP) is 1.51. The fraction of sp³-hybridized carbons (Fsp3) is 0.632. The summed E-state index contributed by atoms with van der Waals surface area (Å²) in [6.07, 6.45) is 8.95. The van der Waals surface area contributed by atoms with Gasteiger partial charge in [0, 0.05) is 56.7 Å². The van der Waals surface area contributed by atoms with Crippen LogP contribution >= 0.6 is 0 Å². The van der Waals surface area contributed by atoms with Gasteiger partial charge >= 0.3 is 0 Å². The van der Waals surface area contributed by atoms with Crippen molar-refractivity contribution in [1.82, 2.24) is 24.6 Å². The van der Waals surface area contributed by atoms with Gasteiger partial charge < -0.3 is 4.90 Å². The van der Waals surface area contributed by atoms with E-state index < -0.39 is 0 Å². The molecule has 5 rings (SSSR count). The van der Waals surface area contributed by atoms with Crippen LogP contribution in [0.1, 0.15) is 41.1 Å².